The van der Waals surface area contributed by atoms with Gasteiger partial charge in [-0.05, 0) is 102 Å². The van der Waals surface area contributed by atoms with Gasteiger partial charge in [0.15, 0.2) is 12.6 Å². The molecule has 0 bridgehead atoms. The largest absolute Gasteiger partial charge is 0.459 e. The van der Waals surface area contributed by atoms with Gasteiger partial charge in [-0.2, -0.15) is 0 Å². The van der Waals surface area contributed by atoms with Crippen molar-refractivity contribution in [3.63, 3.8) is 0 Å². The number of aliphatic hydroxyl groups excluding tert-OH is 3. The van der Waals surface area contributed by atoms with Crippen LogP contribution in [0.3, 0.4) is 0 Å². The van der Waals surface area contributed by atoms with Crippen LogP contribution in [-0.4, -0.2) is 157 Å². The first-order chi connectivity index (χ1) is 28.2. The number of rotatable bonds is 10. The van der Waals surface area contributed by atoms with Gasteiger partial charge in [0.25, 0.3) is 0 Å². The molecule has 0 radical (unpaired) electrons. The van der Waals surface area contributed by atoms with Crippen molar-refractivity contribution in [2.45, 2.75) is 237 Å². The summed E-state index contributed by atoms with van der Waals surface area (Å²) in [6.07, 6.45) is -6.52. The average Bonchev–Trinajstić information content (AvgIpc) is 3.16. The van der Waals surface area contributed by atoms with Crippen molar-refractivity contribution in [2.24, 2.45) is 28.8 Å². The Kier molecular flexibility index (Phi) is 17.7. The Morgan fingerprint density at radius 1 is 0.852 bits per heavy atom. The topological polar surface area (TPSA) is 219 Å². The lowest BCUT2D eigenvalue weighted by Gasteiger charge is -2.49. The van der Waals surface area contributed by atoms with E-state index < -0.39 is 108 Å². The highest BCUT2D eigenvalue weighted by atomic mass is 16.8. The number of oxime groups is 1. The minimum atomic E-state index is -1.98. The van der Waals surface area contributed by atoms with Crippen molar-refractivity contribution >= 4 is 11.7 Å². The van der Waals surface area contributed by atoms with Gasteiger partial charge in [-0.15, -0.1) is 0 Å². The normalized spacial score (nSPS) is 46.6. The van der Waals surface area contributed by atoms with Gasteiger partial charge in [0.2, 0.25) is 5.79 Å². The van der Waals surface area contributed by atoms with Gasteiger partial charge >= 0.3 is 5.97 Å². The van der Waals surface area contributed by atoms with E-state index in [1.54, 1.807) is 41.5 Å². The lowest BCUT2D eigenvalue weighted by molar-refractivity contribution is -0.316. The molecule has 3 saturated heterocycles. The molecule has 18 atom stereocenters. The van der Waals surface area contributed by atoms with Crippen LogP contribution in [0.25, 0.3) is 0 Å². The molecule has 6 N–H and O–H groups in total. The van der Waals surface area contributed by atoms with E-state index in [0.29, 0.717) is 25.0 Å². The molecule has 61 heavy (non-hydrogen) atoms. The predicted octanol–water partition coefficient (Wildman–Crippen LogP) is 4.02. The van der Waals surface area contributed by atoms with Gasteiger partial charge < -0.3 is 68.8 Å². The summed E-state index contributed by atoms with van der Waals surface area (Å²) in [5.74, 6) is -5.25. The fourth-order valence-corrected chi connectivity index (χ4v) is 10.3. The lowest BCUT2D eigenvalue weighted by atomic mass is 9.73. The van der Waals surface area contributed by atoms with Crippen molar-refractivity contribution < 1.29 is 68.7 Å². The minimum Gasteiger partial charge on any atom is -0.459 e. The second kappa shape index (κ2) is 20.7. The molecule has 3 aliphatic heterocycles. The predicted molar refractivity (Wildman–Crippen MR) is 227 cm³/mol. The van der Waals surface area contributed by atoms with Crippen LogP contribution in [-0.2, 0) is 38.1 Å². The Morgan fingerprint density at radius 2 is 1.48 bits per heavy atom. The second-order valence-electron chi connectivity index (χ2n) is 20.2. The standard InChI is InChI=1S/C45H82N2O14/c1-15-32-44(12,54)37(49)27(6)34(46-61-45(60-24(2)3)19-17-16-18-20-45)25(4)22-43(11,53)39(59-41-35(48)31(47(13)14)21-26(5)55-41)28(7)36(29(8)40(51)57-32)58-33-23-42(10,52)38(50)30(9)56-33/h24-33,35-39,41,48-50,52-54H,15-23H2,1-14H3/b46-34-/t25-,26-,27+,28+,29-,30+,31+,32-,33+,35-,36+,37-,38+,39-,41+,42-,43-,44-/m1/s1. The zero-order chi connectivity index (χ0) is 46.0. The van der Waals surface area contributed by atoms with Crippen molar-refractivity contribution in [3.8, 4) is 0 Å². The zero-order valence-corrected chi connectivity index (χ0v) is 39.4. The molecule has 4 fully saturated rings. The number of nitrogens with zero attached hydrogens (tertiary/aromatic N) is 2. The third-order valence-electron chi connectivity index (χ3n) is 13.8. The van der Waals surface area contributed by atoms with Crippen molar-refractivity contribution in [3.05, 3.63) is 0 Å². The van der Waals surface area contributed by atoms with Gasteiger partial charge in [-0.25, -0.2) is 0 Å². The molecule has 0 aromatic rings. The number of hydrogen-bond acceptors (Lipinski definition) is 16. The number of carbonyl (C=O) groups is 1. The SMILES string of the molecule is CC[C@H]1OC(=O)[C@H](C)[C@@H](O[C@H]2C[C@@](C)(O)[C@@H](O)[C@H](C)O2)[C@H](C)[C@@H](O[C@@H]2O[C@H](C)C[C@H](N(C)C)[C@H]2O)[C@](C)(O)C[C@@H](C)/C(=N/OC2(OC(C)C)CCCCC2)[C@H](C)[C@@H](O)[C@]1(C)O. The highest BCUT2D eigenvalue weighted by Gasteiger charge is 2.53. The molecule has 3 heterocycles. The minimum absolute atomic E-state index is 0.0302. The Bertz CT molecular complexity index is 1440. The maximum absolute atomic E-state index is 14.4. The molecular formula is C45H82N2O14. The number of ether oxygens (including phenoxy) is 6. The van der Waals surface area contributed by atoms with Crippen LogP contribution in [0.15, 0.2) is 5.16 Å². The maximum atomic E-state index is 14.4. The van der Waals surface area contributed by atoms with Crippen LogP contribution >= 0.6 is 0 Å². The summed E-state index contributed by atoms with van der Waals surface area (Å²) in [7, 11) is 3.73. The quantitative estimate of drug-likeness (QED) is 0.104. The average molecular weight is 875 g/mol. The first-order valence-corrected chi connectivity index (χ1v) is 22.8. The van der Waals surface area contributed by atoms with E-state index >= 15 is 0 Å². The molecule has 356 valence electrons. The molecule has 0 aromatic carbocycles. The number of hydrogen-bond donors (Lipinski definition) is 6. The van der Waals surface area contributed by atoms with Crippen molar-refractivity contribution in [1.82, 2.24) is 4.90 Å². The van der Waals surface area contributed by atoms with Crippen LogP contribution in [0.4, 0.5) is 0 Å². The number of cyclic esters (lactones) is 1. The maximum Gasteiger partial charge on any atom is 0.311 e. The fraction of sp³-hybridized carbons (Fsp3) is 0.956. The van der Waals surface area contributed by atoms with E-state index in [0.717, 1.165) is 19.3 Å². The summed E-state index contributed by atoms with van der Waals surface area (Å²) >= 11 is 0. The van der Waals surface area contributed by atoms with E-state index in [2.05, 4.69) is 0 Å². The Balaban J connectivity index is 1.90. The van der Waals surface area contributed by atoms with Gasteiger partial charge in [-0.1, -0.05) is 39.3 Å². The number of carbonyl (C=O) groups excluding carboxylic acids is 1. The summed E-state index contributed by atoms with van der Waals surface area (Å²) in [4.78, 5) is 22.7. The molecule has 16 nitrogen and oxygen atoms in total. The molecule has 0 amide bonds. The molecule has 4 rings (SSSR count). The van der Waals surface area contributed by atoms with Crippen LogP contribution in [0.2, 0.25) is 0 Å². The number of likely N-dealkylation sites (N-methyl/N-ethyl adjacent to an activating group) is 1. The summed E-state index contributed by atoms with van der Waals surface area (Å²) in [6, 6.07) is -0.338. The summed E-state index contributed by atoms with van der Waals surface area (Å²) in [5, 5.41) is 75.6. The third-order valence-corrected chi connectivity index (χ3v) is 13.8. The fourth-order valence-electron chi connectivity index (χ4n) is 10.3. The number of esters is 1. The molecule has 4 aliphatic rings. The van der Waals surface area contributed by atoms with Gasteiger partial charge in [0.05, 0.1) is 59.5 Å². The first kappa shape index (κ1) is 52.1. The van der Waals surface area contributed by atoms with Crippen LogP contribution < -0.4 is 0 Å². The molecular weight excluding hydrogens is 792 g/mol. The van der Waals surface area contributed by atoms with E-state index in [-0.39, 0.29) is 37.5 Å². The Morgan fingerprint density at radius 3 is 2.03 bits per heavy atom. The zero-order valence-electron chi connectivity index (χ0n) is 39.4. The summed E-state index contributed by atoms with van der Waals surface area (Å²) < 4.78 is 38.2. The van der Waals surface area contributed by atoms with Crippen molar-refractivity contribution in [1.29, 1.82) is 0 Å². The Hall–Kier alpha value is -1.54. The molecule has 1 saturated carbocycles. The highest BCUT2D eigenvalue weighted by Crippen LogP contribution is 2.41. The van der Waals surface area contributed by atoms with Crippen LogP contribution in [0.1, 0.15) is 141 Å². The monoisotopic (exact) mass is 875 g/mol. The molecule has 0 unspecified atom stereocenters. The van der Waals surface area contributed by atoms with E-state index in [1.807, 2.05) is 46.7 Å². The van der Waals surface area contributed by atoms with Crippen LogP contribution in [0.5, 0.6) is 0 Å². The van der Waals surface area contributed by atoms with Crippen LogP contribution in [0, 0.1) is 23.7 Å². The van der Waals surface area contributed by atoms with Gasteiger partial charge in [0.1, 0.15) is 23.9 Å². The Labute approximate surface area is 364 Å². The van der Waals surface area contributed by atoms with Gasteiger partial charge in [0, 0.05) is 43.1 Å². The molecule has 0 aromatic heterocycles. The highest BCUT2D eigenvalue weighted by molar-refractivity contribution is 5.88. The molecule has 16 heteroatoms. The lowest BCUT2D eigenvalue weighted by Crippen LogP contribution is -2.61. The van der Waals surface area contributed by atoms with E-state index in [9.17, 15) is 35.4 Å². The second-order valence-corrected chi connectivity index (χ2v) is 20.2. The third kappa shape index (κ3) is 12.2. The smallest absolute Gasteiger partial charge is 0.311 e. The molecule has 1 aliphatic carbocycles. The van der Waals surface area contributed by atoms with Crippen molar-refractivity contribution in [2.75, 3.05) is 14.1 Å². The first-order valence-electron chi connectivity index (χ1n) is 22.8. The number of aliphatic hydroxyl groups is 6. The van der Waals surface area contributed by atoms with E-state index in [4.69, 9.17) is 38.4 Å². The summed E-state index contributed by atoms with van der Waals surface area (Å²) in [6.45, 7) is 20.6. The summed E-state index contributed by atoms with van der Waals surface area (Å²) in [5.41, 5.74) is -5.02. The van der Waals surface area contributed by atoms with E-state index in [1.165, 1.54) is 13.8 Å². The molecule has 0 spiro atoms. The van der Waals surface area contributed by atoms with Gasteiger partial charge in [-0.3, -0.25) is 4.79 Å².